The van der Waals surface area contributed by atoms with Gasteiger partial charge in [0.1, 0.15) is 5.01 Å². The topological polar surface area (TPSA) is 50.2 Å². The number of rotatable bonds is 3. The smallest absolute Gasteiger partial charge is 0.369 e. The van der Waals surface area contributed by atoms with Crippen molar-refractivity contribution < 1.29 is 36.2 Å². The zero-order valence-corrected chi connectivity index (χ0v) is 11.8. The van der Waals surface area contributed by atoms with Crippen molar-refractivity contribution in [2.45, 2.75) is 18.0 Å². The highest BCUT2D eigenvalue weighted by Crippen LogP contribution is 2.50. The number of thiazole rings is 1. The summed E-state index contributed by atoms with van der Waals surface area (Å²) in [6.45, 7) is 0. The first-order valence-corrected chi connectivity index (χ1v) is 6.70. The predicted molar refractivity (Wildman–Crippen MR) is 68.9 cm³/mol. The molecule has 0 fully saturated rings. The third-order valence-corrected chi connectivity index (χ3v) is 3.98. The van der Waals surface area contributed by atoms with Crippen molar-refractivity contribution in [1.82, 2.24) is 4.98 Å². The largest absolute Gasteiger partial charge is 0.430 e. The van der Waals surface area contributed by atoms with Crippen molar-refractivity contribution in [3.8, 4) is 10.6 Å². The van der Waals surface area contributed by atoms with E-state index in [0.717, 1.165) is 23.5 Å². The summed E-state index contributed by atoms with van der Waals surface area (Å²) in [5, 5.41) is 9.50. The van der Waals surface area contributed by atoms with E-state index in [0.29, 0.717) is 18.4 Å². The molecule has 1 heterocycles. The Morgan fingerprint density at radius 3 is 1.91 bits per heavy atom. The molecule has 0 aliphatic rings. The van der Waals surface area contributed by atoms with Gasteiger partial charge in [0.15, 0.2) is 6.29 Å². The number of aromatic nitrogens is 1. The van der Waals surface area contributed by atoms with Crippen LogP contribution in [0.25, 0.3) is 10.6 Å². The highest BCUT2D eigenvalue weighted by atomic mass is 32.1. The van der Waals surface area contributed by atoms with Crippen molar-refractivity contribution in [2.75, 3.05) is 0 Å². The van der Waals surface area contributed by atoms with E-state index in [-0.39, 0.29) is 15.4 Å². The van der Waals surface area contributed by atoms with Crippen LogP contribution in [0, 0.1) is 0 Å². The fourth-order valence-electron chi connectivity index (χ4n) is 1.82. The molecule has 0 amide bonds. The summed E-state index contributed by atoms with van der Waals surface area (Å²) in [5.41, 5.74) is -6.10. The van der Waals surface area contributed by atoms with Gasteiger partial charge in [-0.05, 0) is 0 Å². The minimum absolute atomic E-state index is 0.221. The van der Waals surface area contributed by atoms with E-state index >= 15 is 0 Å². The van der Waals surface area contributed by atoms with Crippen LogP contribution in [-0.4, -0.2) is 28.7 Å². The number of alkyl halides is 6. The Morgan fingerprint density at radius 2 is 1.52 bits per heavy atom. The van der Waals surface area contributed by atoms with Gasteiger partial charge in [-0.25, -0.2) is 4.98 Å². The second-order valence-electron chi connectivity index (χ2n) is 4.47. The van der Waals surface area contributed by atoms with Gasteiger partial charge in [-0.15, -0.1) is 11.3 Å². The summed E-state index contributed by atoms with van der Waals surface area (Å²) in [4.78, 5) is 14.6. The number of hydrogen-bond donors (Lipinski definition) is 1. The lowest BCUT2D eigenvalue weighted by molar-refractivity contribution is -0.376. The summed E-state index contributed by atoms with van der Waals surface area (Å²) in [7, 11) is 0. The first-order chi connectivity index (χ1) is 10.5. The standard InChI is InChI=1S/C13H7F6NO2S/c14-12(15,16)11(22,13(17,18)19)8-3-1-7(2-4-8)10-20-5-9(6-21)23-10/h1-6,22H. The van der Waals surface area contributed by atoms with Gasteiger partial charge in [0.05, 0.1) is 4.88 Å². The van der Waals surface area contributed by atoms with Crippen molar-refractivity contribution in [1.29, 1.82) is 0 Å². The molecule has 1 N–H and O–H groups in total. The van der Waals surface area contributed by atoms with E-state index in [4.69, 9.17) is 0 Å². The number of aliphatic hydroxyl groups is 1. The molecule has 23 heavy (non-hydrogen) atoms. The Bertz CT molecular complexity index is 690. The van der Waals surface area contributed by atoms with Crippen LogP contribution < -0.4 is 0 Å². The van der Waals surface area contributed by atoms with Gasteiger partial charge in [0.25, 0.3) is 5.60 Å². The molecule has 2 rings (SSSR count). The molecule has 0 saturated heterocycles. The van der Waals surface area contributed by atoms with Crippen LogP contribution in [0.1, 0.15) is 15.2 Å². The molecule has 124 valence electrons. The first kappa shape index (κ1) is 17.4. The molecule has 2 aromatic rings. The van der Waals surface area contributed by atoms with Crippen LogP contribution in [0.15, 0.2) is 30.5 Å². The summed E-state index contributed by atoms with van der Waals surface area (Å²) in [6.07, 6.45) is -10.1. The number of aldehydes is 1. The lowest BCUT2D eigenvalue weighted by Gasteiger charge is -2.32. The monoisotopic (exact) mass is 355 g/mol. The van der Waals surface area contributed by atoms with Gasteiger partial charge in [0.2, 0.25) is 0 Å². The zero-order chi connectivity index (χ0) is 17.5. The van der Waals surface area contributed by atoms with Crippen LogP contribution in [0.2, 0.25) is 0 Å². The number of halogens is 6. The van der Waals surface area contributed by atoms with E-state index in [9.17, 15) is 36.2 Å². The summed E-state index contributed by atoms with van der Waals surface area (Å²) in [6, 6.07) is 2.98. The fourth-order valence-corrected chi connectivity index (χ4v) is 2.55. The fraction of sp³-hybridized carbons (Fsp3) is 0.231. The molecule has 0 unspecified atom stereocenters. The van der Waals surface area contributed by atoms with Gasteiger partial charge >= 0.3 is 12.4 Å². The molecular weight excluding hydrogens is 348 g/mol. The minimum atomic E-state index is -5.93. The van der Waals surface area contributed by atoms with Crippen molar-refractivity contribution in [2.24, 2.45) is 0 Å². The summed E-state index contributed by atoms with van der Waals surface area (Å²) < 4.78 is 76.4. The van der Waals surface area contributed by atoms with Crippen molar-refractivity contribution in [3.05, 3.63) is 40.9 Å². The molecule has 1 aromatic heterocycles. The molecule has 0 spiro atoms. The number of carbonyl (C=O) groups is 1. The Labute approximate surface area is 129 Å². The zero-order valence-electron chi connectivity index (χ0n) is 10.9. The van der Waals surface area contributed by atoms with E-state index < -0.39 is 23.5 Å². The predicted octanol–water partition coefficient (Wildman–Crippen LogP) is 3.93. The average Bonchev–Trinajstić information content (AvgIpc) is 2.93. The molecule has 3 nitrogen and oxygen atoms in total. The van der Waals surface area contributed by atoms with E-state index in [1.807, 2.05) is 0 Å². The molecule has 1 aromatic carbocycles. The highest BCUT2D eigenvalue weighted by Gasteiger charge is 2.71. The van der Waals surface area contributed by atoms with Crippen LogP contribution in [-0.2, 0) is 5.60 Å². The van der Waals surface area contributed by atoms with E-state index in [1.165, 1.54) is 6.20 Å². The van der Waals surface area contributed by atoms with Crippen LogP contribution >= 0.6 is 11.3 Å². The van der Waals surface area contributed by atoms with Crippen LogP contribution in [0.5, 0.6) is 0 Å². The third kappa shape index (κ3) is 2.95. The molecule has 0 aliphatic carbocycles. The maximum Gasteiger partial charge on any atom is 0.430 e. The normalized spacial score (nSPS) is 13.2. The van der Waals surface area contributed by atoms with Crippen molar-refractivity contribution in [3.63, 3.8) is 0 Å². The molecule has 10 heteroatoms. The number of hydrogen-bond acceptors (Lipinski definition) is 4. The van der Waals surface area contributed by atoms with Gasteiger partial charge in [-0.3, -0.25) is 4.79 Å². The molecule has 0 radical (unpaired) electrons. The van der Waals surface area contributed by atoms with Gasteiger partial charge in [-0.1, -0.05) is 24.3 Å². The van der Waals surface area contributed by atoms with Gasteiger partial charge < -0.3 is 5.11 Å². The summed E-state index contributed by atoms with van der Waals surface area (Å²) in [5.74, 6) is 0. The second kappa shape index (κ2) is 5.60. The summed E-state index contributed by atoms with van der Waals surface area (Å²) >= 11 is 0.924. The van der Waals surface area contributed by atoms with Crippen LogP contribution in [0.4, 0.5) is 26.3 Å². The number of nitrogens with zero attached hydrogens (tertiary/aromatic N) is 1. The Morgan fingerprint density at radius 1 is 1.00 bits per heavy atom. The Hall–Kier alpha value is -1.94. The lowest BCUT2D eigenvalue weighted by Crippen LogP contribution is -2.53. The SMILES string of the molecule is O=Cc1cnc(-c2ccc(C(O)(C(F)(F)F)C(F)(F)F)cc2)s1. The minimum Gasteiger partial charge on any atom is -0.369 e. The number of carbonyl (C=O) groups excluding carboxylic acids is 1. The van der Waals surface area contributed by atoms with Gasteiger partial charge in [0, 0.05) is 17.3 Å². The third-order valence-electron chi connectivity index (χ3n) is 3.01. The first-order valence-electron chi connectivity index (χ1n) is 5.88. The number of benzene rings is 1. The maximum absolute atomic E-state index is 12.7. The molecule has 0 aliphatic heterocycles. The second-order valence-corrected chi connectivity index (χ2v) is 5.53. The molecule has 0 saturated carbocycles. The van der Waals surface area contributed by atoms with Crippen LogP contribution in [0.3, 0.4) is 0 Å². The average molecular weight is 355 g/mol. The molecule has 0 atom stereocenters. The lowest BCUT2D eigenvalue weighted by atomic mass is 9.91. The van der Waals surface area contributed by atoms with Gasteiger partial charge in [-0.2, -0.15) is 26.3 Å². The maximum atomic E-state index is 12.7. The van der Waals surface area contributed by atoms with E-state index in [2.05, 4.69) is 4.98 Å². The van der Waals surface area contributed by atoms with Crippen molar-refractivity contribution >= 4 is 17.6 Å². The Balaban J connectivity index is 2.46. The van der Waals surface area contributed by atoms with E-state index in [1.54, 1.807) is 0 Å². The Kier molecular flexibility index (Phi) is 4.24. The molecular formula is C13H7F6NO2S. The molecule has 0 bridgehead atoms. The highest BCUT2D eigenvalue weighted by molar-refractivity contribution is 7.16. The quantitative estimate of drug-likeness (QED) is 0.670.